The second kappa shape index (κ2) is 5.67. The highest BCUT2D eigenvalue weighted by Gasteiger charge is 2.18. The number of ether oxygens (including phenoxy) is 1. The number of nitrogens with zero attached hydrogens (tertiary/aromatic N) is 6. The van der Waals surface area contributed by atoms with Gasteiger partial charge in [-0.25, -0.2) is 4.68 Å². The van der Waals surface area contributed by atoms with Gasteiger partial charge in [-0.2, -0.15) is 20.1 Å². The highest BCUT2D eigenvalue weighted by Crippen LogP contribution is 2.19. The van der Waals surface area contributed by atoms with E-state index in [9.17, 15) is 0 Å². The van der Waals surface area contributed by atoms with Crippen molar-refractivity contribution in [3.63, 3.8) is 0 Å². The predicted octanol–water partition coefficient (Wildman–Crippen LogP) is 1.67. The number of aryl methyl sites for hydroxylation is 2. The summed E-state index contributed by atoms with van der Waals surface area (Å²) in [7, 11) is 1.57. The Morgan fingerprint density at radius 2 is 1.71 bits per heavy atom. The molecule has 7 heteroatoms. The second-order valence-corrected chi connectivity index (χ2v) is 5.31. The van der Waals surface area contributed by atoms with Crippen LogP contribution in [0.5, 0.6) is 6.01 Å². The zero-order chi connectivity index (χ0) is 14.8. The first-order valence-electron chi connectivity index (χ1n) is 7.26. The molecule has 0 unspecified atom stereocenters. The summed E-state index contributed by atoms with van der Waals surface area (Å²) >= 11 is 0. The topological polar surface area (TPSA) is 69.0 Å². The van der Waals surface area contributed by atoms with Crippen molar-refractivity contribution in [3.05, 3.63) is 17.5 Å². The zero-order valence-electron chi connectivity index (χ0n) is 12.7. The van der Waals surface area contributed by atoms with E-state index in [1.807, 2.05) is 19.9 Å². The summed E-state index contributed by atoms with van der Waals surface area (Å²) in [5.41, 5.74) is 1.93. The molecular weight excluding hydrogens is 268 g/mol. The number of hydrogen-bond donors (Lipinski definition) is 0. The van der Waals surface area contributed by atoms with E-state index < -0.39 is 0 Å². The van der Waals surface area contributed by atoms with Gasteiger partial charge in [0.25, 0.3) is 5.95 Å². The summed E-state index contributed by atoms with van der Waals surface area (Å²) in [6.45, 7) is 5.89. The predicted molar refractivity (Wildman–Crippen MR) is 79.0 cm³/mol. The Bertz CT molecular complexity index is 632. The lowest BCUT2D eigenvalue weighted by Crippen LogP contribution is -2.31. The highest BCUT2D eigenvalue weighted by molar-refractivity contribution is 5.35. The molecule has 3 rings (SSSR count). The summed E-state index contributed by atoms with van der Waals surface area (Å²) in [5.74, 6) is 1.18. The van der Waals surface area contributed by atoms with Gasteiger partial charge >= 0.3 is 6.01 Å². The van der Waals surface area contributed by atoms with Crippen LogP contribution in [0.25, 0.3) is 5.95 Å². The Morgan fingerprint density at radius 3 is 2.33 bits per heavy atom. The minimum Gasteiger partial charge on any atom is -0.467 e. The highest BCUT2D eigenvalue weighted by atomic mass is 16.5. The number of aromatic nitrogens is 5. The minimum absolute atomic E-state index is 0.327. The van der Waals surface area contributed by atoms with Crippen molar-refractivity contribution in [3.8, 4) is 12.0 Å². The standard InChI is InChI=1S/C14H20N6O/c1-10-9-11(2)20(18-10)13-15-12(16-14(17-13)21-3)19-7-5-4-6-8-19/h9H,4-8H2,1-3H3. The van der Waals surface area contributed by atoms with Crippen LogP contribution in [0.15, 0.2) is 6.07 Å². The van der Waals surface area contributed by atoms with E-state index in [-0.39, 0.29) is 0 Å². The SMILES string of the molecule is COc1nc(N2CCCCC2)nc(-n2nc(C)cc2C)n1. The molecule has 2 aromatic heterocycles. The van der Waals surface area contributed by atoms with E-state index >= 15 is 0 Å². The zero-order valence-corrected chi connectivity index (χ0v) is 12.7. The van der Waals surface area contributed by atoms with Crippen LogP contribution in [0.2, 0.25) is 0 Å². The molecule has 0 N–H and O–H groups in total. The molecule has 1 aliphatic heterocycles. The average Bonchev–Trinajstić information content (AvgIpc) is 2.86. The van der Waals surface area contributed by atoms with Crippen molar-refractivity contribution < 1.29 is 4.74 Å². The Kier molecular flexibility index (Phi) is 3.72. The number of methoxy groups -OCH3 is 1. The lowest BCUT2D eigenvalue weighted by Gasteiger charge is -2.26. The van der Waals surface area contributed by atoms with Crippen LogP contribution >= 0.6 is 0 Å². The molecule has 1 aliphatic rings. The first kappa shape index (κ1) is 13.8. The van der Waals surface area contributed by atoms with E-state index in [0.29, 0.717) is 17.9 Å². The van der Waals surface area contributed by atoms with Gasteiger partial charge in [-0.05, 0) is 39.2 Å². The van der Waals surface area contributed by atoms with Gasteiger partial charge in [0, 0.05) is 18.8 Å². The summed E-state index contributed by atoms with van der Waals surface area (Å²) in [4.78, 5) is 15.5. The van der Waals surface area contributed by atoms with Gasteiger partial charge in [-0.1, -0.05) is 0 Å². The van der Waals surface area contributed by atoms with Gasteiger partial charge in [0.15, 0.2) is 0 Å². The third kappa shape index (κ3) is 2.81. The molecule has 7 nitrogen and oxygen atoms in total. The van der Waals surface area contributed by atoms with Crippen LogP contribution in [-0.4, -0.2) is 44.9 Å². The fourth-order valence-electron chi connectivity index (χ4n) is 2.59. The Labute approximate surface area is 124 Å². The van der Waals surface area contributed by atoms with Crippen LogP contribution in [0.1, 0.15) is 30.7 Å². The van der Waals surface area contributed by atoms with Gasteiger partial charge in [-0.3, -0.25) is 0 Å². The van der Waals surface area contributed by atoms with Crippen molar-refractivity contribution in [1.29, 1.82) is 0 Å². The van der Waals surface area contributed by atoms with E-state index in [0.717, 1.165) is 24.5 Å². The van der Waals surface area contributed by atoms with Crippen molar-refractivity contribution in [2.45, 2.75) is 33.1 Å². The third-order valence-corrected chi connectivity index (χ3v) is 3.61. The van der Waals surface area contributed by atoms with E-state index in [1.54, 1.807) is 11.8 Å². The molecule has 3 heterocycles. The molecule has 0 saturated carbocycles. The van der Waals surface area contributed by atoms with Crippen molar-refractivity contribution in [2.75, 3.05) is 25.1 Å². The molecule has 0 aromatic carbocycles. The maximum absolute atomic E-state index is 5.22. The molecule has 112 valence electrons. The smallest absolute Gasteiger partial charge is 0.322 e. The number of piperidine rings is 1. The average molecular weight is 288 g/mol. The summed E-state index contributed by atoms with van der Waals surface area (Å²) < 4.78 is 6.95. The summed E-state index contributed by atoms with van der Waals surface area (Å²) in [6.07, 6.45) is 3.61. The van der Waals surface area contributed by atoms with Crippen molar-refractivity contribution in [1.82, 2.24) is 24.7 Å². The number of rotatable bonds is 3. The largest absolute Gasteiger partial charge is 0.467 e. The fraction of sp³-hybridized carbons (Fsp3) is 0.571. The van der Waals surface area contributed by atoms with Gasteiger partial charge in [0.05, 0.1) is 12.8 Å². The molecule has 0 spiro atoms. The lowest BCUT2D eigenvalue weighted by atomic mass is 10.1. The lowest BCUT2D eigenvalue weighted by molar-refractivity contribution is 0.375. The molecular formula is C14H20N6O. The van der Waals surface area contributed by atoms with E-state index in [4.69, 9.17) is 4.74 Å². The summed E-state index contributed by atoms with van der Waals surface area (Å²) in [5, 5.41) is 4.43. The van der Waals surface area contributed by atoms with E-state index in [1.165, 1.54) is 19.3 Å². The van der Waals surface area contributed by atoms with Crippen LogP contribution in [0.3, 0.4) is 0 Å². The first-order valence-corrected chi connectivity index (χ1v) is 7.26. The Hall–Kier alpha value is -2.18. The third-order valence-electron chi connectivity index (χ3n) is 3.61. The molecule has 0 radical (unpaired) electrons. The number of anilines is 1. The Balaban J connectivity index is 2.02. The minimum atomic E-state index is 0.327. The van der Waals surface area contributed by atoms with E-state index in [2.05, 4.69) is 25.0 Å². The molecule has 1 fully saturated rings. The van der Waals surface area contributed by atoms with Gasteiger partial charge in [0.1, 0.15) is 0 Å². The molecule has 21 heavy (non-hydrogen) atoms. The summed E-state index contributed by atoms with van der Waals surface area (Å²) in [6, 6.07) is 2.32. The molecule has 0 aliphatic carbocycles. The molecule has 2 aromatic rings. The van der Waals surface area contributed by atoms with Crippen molar-refractivity contribution in [2.24, 2.45) is 0 Å². The van der Waals surface area contributed by atoms with Crippen molar-refractivity contribution >= 4 is 5.95 Å². The first-order chi connectivity index (χ1) is 10.2. The van der Waals surface area contributed by atoms with Crippen LogP contribution in [-0.2, 0) is 0 Å². The quantitative estimate of drug-likeness (QED) is 0.856. The van der Waals surface area contributed by atoms with Gasteiger partial charge < -0.3 is 9.64 Å². The van der Waals surface area contributed by atoms with Crippen LogP contribution < -0.4 is 9.64 Å². The normalized spacial score (nSPS) is 15.3. The molecule has 0 bridgehead atoms. The monoisotopic (exact) mass is 288 g/mol. The maximum Gasteiger partial charge on any atom is 0.322 e. The number of hydrogen-bond acceptors (Lipinski definition) is 6. The molecule has 1 saturated heterocycles. The van der Waals surface area contributed by atoms with Crippen LogP contribution in [0.4, 0.5) is 5.95 Å². The fourth-order valence-corrected chi connectivity index (χ4v) is 2.59. The molecule has 0 atom stereocenters. The maximum atomic E-state index is 5.22. The second-order valence-electron chi connectivity index (χ2n) is 5.31. The molecule has 0 amide bonds. The van der Waals surface area contributed by atoms with Crippen LogP contribution in [0, 0.1) is 13.8 Å². The Morgan fingerprint density at radius 1 is 1.00 bits per heavy atom. The van der Waals surface area contributed by atoms with Gasteiger partial charge in [-0.15, -0.1) is 0 Å². The van der Waals surface area contributed by atoms with Gasteiger partial charge in [0.2, 0.25) is 5.95 Å².